The Kier molecular flexibility index (Phi) is 37.7. The van der Waals surface area contributed by atoms with Crippen molar-refractivity contribution in [3.05, 3.63) is 0 Å². The van der Waals surface area contributed by atoms with E-state index in [-0.39, 0.29) is 24.6 Å². The molecule has 0 aromatic heterocycles. The summed E-state index contributed by atoms with van der Waals surface area (Å²) in [4.78, 5) is 27.1. The highest BCUT2D eigenvalue weighted by Gasteiger charge is 2.14. The number of unbranched alkanes of at least 4 members (excludes halogenated alkanes) is 21. The molecule has 0 unspecified atom stereocenters. The molecule has 1 N–H and O–H groups in total. The summed E-state index contributed by atoms with van der Waals surface area (Å²) in [6.45, 7) is 10.6. The number of esters is 2. The van der Waals surface area contributed by atoms with Gasteiger partial charge in [-0.2, -0.15) is 0 Å². The molecule has 0 fully saturated rings. The number of ether oxygens (including phenoxy) is 2. The second kappa shape index (κ2) is 38.7. The first kappa shape index (κ1) is 46.9. The van der Waals surface area contributed by atoms with Gasteiger partial charge in [0.15, 0.2) is 0 Å². The van der Waals surface area contributed by atoms with Crippen LogP contribution in [0.2, 0.25) is 0 Å². The summed E-state index contributed by atoms with van der Waals surface area (Å²) >= 11 is 0. The van der Waals surface area contributed by atoms with Crippen LogP contribution in [0.25, 0.3) is 0 Å². The number of hydrogen-bond donors (Lipinski definition) is 1. The van der Waals surface area contributed by atoms with Crippen molar-refractivity contribution in [2.75, 3.05) is 32.8 Å². The van der Waals surface area contributed by atoms with Crippen LogP contribution in [0, 0.1) is 0 Å². The van der Waals surface area contributed by atoms with Crippen molar-refractivity contribution in [3.8, 4) is 0 Å². The lowest BCUT2D eigenvalue weighted by Gasteiger charge is -2.22. The Labute approximate surface area is 299 Å². The fourth-order valence-corrected chi connectivity index (χ4v) is 6.50. The second-order valence-electron chi connectivity index (χ2n) is 14.5. The summed E-state index contributed by atoms with van der Waals surface area (Å²) in [6.07, 6.45) is 35.2. The molecule has 0 aromatic carbocycles. The number of aliphatic hydroxyl groups excluding tert-OH is 1. The Bertz CT molecular complexity index is 656. The standard InChI is InChI=1S/C42H83NO5/c1-4-7-10-13-16-23-31-40(32-24-17-14-11-8-5-2)48-42(46)34-26-19-21-28-36-43(37-30-38-44)35-27-20-15-18-25-33-41(45)47-39-29-22-12-9-6-3/h40,44H,4-39H2,1-3H3. The summed E-state index contributed by atoms with van der Waals surface area (Å²) < 4.78 is 11.4. The van der Waals surface area contributed by atoms with Gasteiger partial charge in [-0.05, 0) is 77.3 Å². The maximum absolute atomic E-state index is 12.7. The molecule has 6 heteroatoms. The molecule has 0 saturated carbocycles. The van der Waals surface area contributed by atoms with Crippen molar-refractivity contribution in [2.24, 2.45) is 0 Å². The Hall–Kier alpha value is -1.14. The lowest BCUT2D eigenvalue weighted by molar-refractivity contribution is -0.150. The zero-order chi connectivity index (χ0) is 35.2. The smallest absolute Gasteiger partial charge is 0.306 e. The fourth-order valence-electron chi connectivity index (χ4n) is 6.50. The van der Waals surface area contributed by atoms with Gasteiger partial charge in [0.2, 0.25) is 0 Å². The lowest BCUT2D eigenvalue weighted by Crippen LogP contribution is -2.28. The van der Waals surface area contributed by atoms with Gasteiger partial charge in [0, 0.05) is 26.0 Å². The van der Waals surface area contributed by atoms with Crippen LogP contribution in [-0.2, 0) is 19.1 Å². The minimum absolute atomic E-state index is 0.0104. The van der Waals surface area contributed by atoms with Gasteiger partial charge in [0.25, 0.3) is 0 Å². The number of carbonyl (C=O) groups is 2. The maximum atomic E-state index is 12.7. The molecule has 0 rings (SSSR count). The van der Waals surface area contributed by atoms with Gasteiger partial charge in [0.1, 0.15) is 6.10 Å². The molecule has 0 amide bonds. The van der Waals surface area contributed by atoms with E-state index in [1.807, 2.05) is 0 Å². The highest BCUT2D eigenvalue weighted by molar-refractivity contribution is 5.69. The molecule has 286 valence electrons. The van der Waals surface area contributed by atoms with Gasteiger partial charge < -0.3 is 19.5 Å². The van der Waals surface area contributed by atoms with Crippen molar-refractivity contribution in [2.45, 2.75) is 226 Å². The average Bonchev–Trinajstić information content (AvgIpc) is 3.08. The monoisotopic (exact) mass is 682 g/mol. The molecule has 0 aliphatic carbocycles. The topological polar surface area (TPSA) is 76.1 Å². The first-order valence-electron chi connectivity index (χ1n) is 21.3. The average molecular weight is 682 g/mol. The Morgan fingerprint density at radius 2 is 0.875 bits per heavy atom. The molecule has 0 spiro atoms. The van der Waals surface area contributed by atoms with Crippen LogP contribution in [0.1, 0.15) is 220 Å². The van der Waals surface area contributed by atoms with Crippen molar-refractivity contribution in [1.29, 1.82) is 0 Å². The van der Waals surface area contributed by atoms with Crippen LogP contribution in [0.4, 0.5) is 0 Å². The second-order valence-corrected chi connectivity index (χ2v) is 14.5. The van der Waals surface area contributed by atoms with Gasteiger partial charge in [-0.25, -0.2) is 0 Å². The zero-order valence-electron chi connectivity index (χ0n) is 32.6. The lowest BCUT2D eigenvalue weighted by atomic mass is 10.0. The predicted octanol–water partition coefficient (Wildman–Crippen LogP) is 11.9. The molecule has 0 radical (unpaired) electrons. The summed E-state index contributed by atoms with van der Waals surface area (Å²) in [5.41, 5.74) is 0. The number of nitrogens with zero attached hydrogens (tertiary/aromatic N) is 1. The third kappa shape index (κ3) is 34.7. The minimum Gasteiger partial charge on any atom is -0.466 e. The van der Waals surface area contributed by atoms with Gasteiger partial charge in [-0.3, -0.25) is 9.59 Å². The predicted molar refractivity (Wildman–Crippen MR) is 205 cm³/mol. The number of hydrogen-bond acceptors (Lipinski definition) is 6. The van der Waals surface area contributed by atoms with Crippen LogP contribution in [0.15, 0.2) is 0 Å². The van der Waals surface area contributed by atoms with E-state index >= 15 is 0 Å². The Morgan fingerprint density at radius 3 is 1.38 bits per heavy atom. The first-order chi connectivity index (χ1) is 23.6. The summed E-state index contributed by atoms with van der Waals surface area (Å²) in [7, 11) is 0. The van der Waals surface area contributed by atoms with Gasteiger partial charge >= 0.3 is 11.9 Å². The summed E-state index contributed by atoms with van der Waals surface area (Å²) in [5.74, 6) is -0.0232. The van der Waals surface area contributed by atoms with E-state index in [1.54, 1.807) is 0 Å². The van der Waals surface area contributed by atoms with E-state index in [9.17, 15) is 14.7 Å². The van der Waals surface area contributed by atoms with E-state index < -0.39 is 0 Å². The van der Waals surface area contributed by atoms with E-state index in [2.05, 4.69) is 25.7 Å². The van der Waals surface area contributed by atoms with Crippen LogP contribution in [-0.4, -0.2) is 60.9 Å². The molecule has 48 heavy (non-hydrogen) atoms. The van der Waals surface area contributed by atoms with E-state index in [0.717, 1.165) is 103 Å². The van der Waals surface area contributed by atoms with Crippen LogP contribution >= 0.6 is 0 Å². The molecule has 6 nitrogen and oxygen atoms in total. The van der Waals surface area contributed by atoms with Crippen molar-refractivity contribution >= 4 is 11.9 Å². The normalized spacial score (nSPS) is 11.5. The molecule has 0 aliphatic heterocycles. The van der Waals surface area contributed by atoms with Crippen molar-refractivity contribution in [3.63, 3.8) is 0 Å². The van der Waals surface area contributed by atoms with Crippen LogP contribution in [0.3, 0.4) is 0 Å². The largest absolute Gasteiger partial charge is 0.466 e. The Balaban J connectivity index is 4.09. The molecule has 0 aliphatic rings. The molecule has 0 saturated heterocycles. The van der Waals surface area contributed by atoms with E-state index in [1.165, 1.54) is 103 Å². The third-order valence-corrected chi connectivity index (χ3v) is 9.66. The van der Waals surface area contributed by atoms with E-state index in [0.29, 0.717) is 19.4 Å². The van der Waals surface area contributed by atoms with Gasteiger partial charge in [-0.15, -0.1) is 0 Å². The molecule has 0 aromatic rings. The summed E-state index contributed by atoms with van der Waals surface area (Å²) in [5, 5.41) is 9.36. The fraction of sp³-hybridized carbons (Fsp3) is 0.952. The molecular formula is C42H83NO5. The molecular weight excluding hydrogens is 598 g/mol. The van der Waals surface area contributed by atoms with Gasteiger partial charge in [-0.1, -0.05) is 143 Å². The number of aliphatic hydroxyl groups is 1. The van der Waals surface area contributed by atoms with Crippen molar-refractivity contribution < 1.29 is 24.2 Å². The number of rotatable bonds is 39. The quantitative estimate of drug-likeness (QED) is 0.0514. The van der Waals surface area contributed by atoms with Gasteiger partial charge in [0.05, 0.1) is 6.61 Å². The van der Waals surface area contributed by atoms with Crippen LogP contribution in [0.5, 0.6) is 0 Å². The molecule has 0 bridgehead atoms. The van der Waals surface area contributed by atoms with Crippen LogP contribution < -0.4 is 0 Å². The zero-order valence-corrected chi connectivity index (χ0v) is 32.6. The maximum Gasteiger partial charge on any atom is 0.306 e. The third-order valence-electron chi connectivity index (χ3n) is 9.66. The minimum atomic E-state index is -0.0336. The van der Waals surface area contributed by atoms with Crippen molar-refractivity contribution in [1.82, 2.24) is 4.90 Å². The SMILES string of the molecule is CCCCCCCCC(CCCCCCCC)OC(=O)CCCCCCN(CCCO)CCCCCCCC(=O)OCCCCCCC. The summed E-state index contributed by atoms with van der Waals surface area (Å²) in [6, 6.07) is 0. The highest BCUT2D eigenvalue weighted by atomic mass is 16.5. The molecule has 0 heterocycles. The Morgan fingerprint density at radius 1 is 0.479 bits per heavy atom. The first-order valence-corrected chi connectivity index (χ1v) is 21.3. The molecule has 0 atom stereocenters. The number of carbonyl (C=O) groups excluding carboxylic acids is 2. The highest BCUT2D eigenvalue weighted by Crippen LogP contribution is 2.18. The van der Waals surface area contributed by atoms with E-state index in [4.69, 9.17) is 9.47 Å².